The zero-order valence-electron chi connectivity index (χ0n) is 10.5. The van der Waals surface area contributed by atoms with Crippen molar-refractivity contribution < 1.29 is 14.2 Å². The van der Waals surface area contributed by atoms with E-state index in [4.69, 9.17) is 9.37 Å². The molecule has 0 aliphatic carbocycles. The molecule has 2 aromatic rings. The SMILES string of the molecule is CC(=O)Nc1ccc(N2CCOCC2)c2nonc12. The van der Waals surface area contributed by atoms with E-state index >= 15 is 0 Å². The summed E-state index contributed by atoms with van der Waals surface area (Å²) in [5.41, 5.74) is 2.79. The minimum atomic E-state index is -0.150. The Hall–Kier alpha value is -2.15. The Morgan fingerprint density at radius 3 is 2.74 bits per heavy atom. The molecule has 2 heterocycles. The maximum atomic E-state index is 11.1. The lowest BCUT2D eigenvalue weighted by Gasteiger charge is -2.28. The Morgan fingerprint density at radius 2 is 2.00 bits per heavy atom. The number of carbonyl (C=O) groups excluding carboxylic acids is 1. The van der Waals surface area contributed by atoms with Gasteiger partial charge in [0.2, 0.25) is 5.91 Å². The predicted molar refractivity (Wildman–Crippen MR) is 69.1 cm³/mol. The summed E-state index contributed by atoms with van der Waals surface area (Å²) >= 11 is 0. The monoisotopic (exact) mass is 262 g/mol. The molecule has 0 saturated carbocycles. The van der Waals surface area contributed by atoms with E-state index < -0.39 is 0 Å². The van der Waals surface area contributed by atoms with Crippen LogP contribution < -0.4 is 10.2 Å². The van der Waals surface area contributed by atoms with Gasteiger partial charge in [0, 0.05) is 20.0 Å². The number of amides is 1. The van der Waals surface area contributed by atoms with Crippen LogP contribution in [0.25, 0.3) is 11.0 Å². The van der Waals surface area contributed by atoms with Crippen molar-refractivity contribution in [3.8, 4) is 0 Å². The Bertz CT molecular complexity index is 604. The van der Waals surface area contributed by atoms with Crippen molar-refractivity contribution in [1.29, 1.82) is 0 Å². The Morgan fingerprint density at radius 1 is 1.26 bits per heavy atom. The Labute approximate surface area is 109 Å². The van der Waals surface area contributed by atoms with Gasteiger partial charge >= 0.3 is 0 Å². The van der Waals surface area contributed by atoms with Gasteiger partial charge in [0.1, 0.15) is 0 Å². The quantitative estimate of drug-likeness (QED) is 0.870. The third kappa shape index (κ3) is 2.24. The molecular formula is C12H14N4O3. The Balaban J connectivity index is 2.02. The van der Waals surface area contributed by atoms with Crippen molar-refractivity contribution >= 4 is 28.3 Å². The van der Waals surface area contributed by atoms with Crippen LogP contribution in [-0.2, 0) is 9.53 Å². The zero-order valence-corrected chi connectivity index (χ0v) is 10.5. The molecule has 19 heavy (non-hydrogen) atoms. The fourth-order valence-corrected chi connectivity index (χ4v) is 2.20. The van der Waals surface area contributed by atoms with E-state index in [9.17, 15) is 4.79 Å². The van der Waals surface area contributed by atoms with E-state index in [0.29, 0.717) is 29.9 Å². The first-order chi connectivity index (χ1) is 9.25. The van der Waals surface area contributed by atoms with Gasteiger partial charge in [-0.15, -0.1) is 0 Å². The first-order valence-electron chi connectivity index (χ1n) is 6.11. The number of ether oxygens (including phenoxy) is 1. The van der Waals surface area contributed by atoms with E-state index in [1.54, 1.807) is 0 Å². The van der Waals surface area contributed by atoms with E-state index in [2.05, 4.69) is 20.5 Å². The summed E-state index contributed by atoms with van der Waals surface area (Å²) in [6.45, 7) is 4.46. The molecule has 1 N–H and O–H groups in total. The molecule has 0 radical (unpaired) electrons. The number of carbonyl (C=O) groups is 1. The fraction of sp³-hybridized carbons (Fsp3) is 0.417. The van der Waals surface area contributed by atoms with Gasteiger partial charge in [-0.25, -0.2) is 4.63 Å². The molecule has 7 heteroatoms. The van der Waals surface area contributed by atoms with Crippen LogP contribution >= 0.6 is 0 Å². The molecule has 1 fully saturated rings. The minimum absolute atomic E-state index is 0.150. The van der Waals surface area contributed by atoms with Crippen molar-refractivity contribution in [2.24, 2.45) is 0 Å². The van der Waals surface area contributed by atoms with Gasteiger partial charge < -0.3 is 15.0 Å². The number of anilines is 2. The summed E-state index contributed by atoms with van der Waals surface area (Å²) in [5, 5.41) is 10.5. The van der Waals surface area contributed by atoms with E-state index in [0.717, 1.165) is 18.8 Å². The molecule has 0 spiro atoms. The number of nitrogens with one attached hydrogen (secondary N) is 1. The smallest absolute Gasteiger partial charge is 0.221 e. The second kappa shape index (κ2) is 4.85. The molecule has 0 atom stereocenters. The van der Waals surface area contributed by atoms with Crippen LogP contribution in [0.2, 0.25) is 0 Å². The lowest BCUT2D eigenvalue weighted by Crippen LogP contribution is -2.36. The van der Waals surface area contributed by atoms with Gasteiger partial charge in [-0.05, 0) is 22.4 Å². The molecule has 3 rings (SSSR count). The summed E-state index contributed by atoms with van der Waals surface area (Å²) in [7, 11) is 0. The molecule has 1 amide bonds. The number of hydrogen-bond acceptors (Lipinski definition) is 6. The lowest BCUT2D eigenvalue weighted by atomic mass is 10.2. The molecule has 7 nitrogen and oxygen atoms in total. The number of aromatic nitrogens is 2. The third-order valence-corrected chi connectivity index (χ3v) is 3.06. The van der Waals surface area contributed by atoms with Gasteiger partial charge in [-0.3, -0.25) is 4.79 Å². The number of nitrogens with zero attached hydrogens (tertiary/aromatic N) is 3. The standard InChI is InChI=1S/C12H14N4O3/c1-8(17)13-9-2-3-10(12-11(9)14-19-15-12)16-4-6-18-7-5-16/h2-3H,4-7H2,1H3,(H,13,17). The van der Waals surface area contributed by atoms with Crippen molar-refractivity contribution in [3.63, 3.8) is 0 Å². The molecule has 1 aliphatic rings. The highest BCUT2D eigenvalue weighted by molar-refractivity contribution is 6.02. The average molecular weight is 262 g/mol. The molecule has 1 aromatic heterocycles. The second-order valence-electron chi connectivity index (χ2n) is 4.37. The van der Waals surface area contributed by atoms with Crippen LogP contribution in [0.1, 0.15) is 6.92 Å². The highest BCUT2D eigenvalue weighted by Gasteiger charge is 2.18. The van der Waals surface area contributed by atoms with Crippen molar-refractivity contribution in [3.05, 3.63) is 12.1 Å². The van der Waals surface area contributed by atoms with Crippen molar-refractivity contribution in [1.82, 2.24) is 10.3 Å². The summed E-state index contributed by atoms with van der Waals surface area (Å²) in [4.78, 5) is 13.3. The summed E-state index contributed by atoms with van der Waals surface area (Å²) in [6.07, 6.45) is 0. The van der Waals surface area contributed by atoms with Gasteiger partial charge in [-0.2, -0.15) is 0 Å². The van der Waals surface area contributed by atoms with Crippen LogP contribution in [0.5, 0.6) is 0 Å². The number of hydrogen-bond donors (Lipinski definition) is 1. The minimum Gasteiger partial charge on any atom is -0.378 e. The second-order valence-corrected chi connectivity index (χ2v) is 4.37. The largest absolute Gasteiger partial charge is 0.378 e. The highest BCUT2D eigenvalue weighted by Crippen LogP contribution is 2.30. The van der Waals surface area contributed by atoms with Crippen molar-refractivity contribution in [2.45, 2.75) is 6.92 Å². The normalized spacial score (nSPS) is 15.7. The maximum absolute atomic E-state index is 11.1. The third-order valence-electron chi connectivity index (χ3n) is 3.06. The van der Waals surface area contributed by atoms with Crippen LogP contribution in [-0.4, -0.2) is 42.5 Å². The molecule has 1 saturated heterocycles. The van der Waals surface area contributed by atoms with Gasteiger partial charge in [0.15, 0.2) is 11.0 Å². The topological polar surface area (TPSA) is 80.5 Å². The van der Waals surface area contributed by atoms with Gasteiger partial charge in [0.05, 0.1) is 24.6 Å². The molecule has 1 aromatic carbocycles. The van der Waals surface area contributed by atoms with Crippen LogP contribution in [0, 0.1) is 0 Å². The van der Waals surface area contributed by atoms with Crippen LogP contribution in [0.3, 0.4) is 0 Å². The first-order valence-corrected chi connectivity index (χ1v) is 6.11. The summed E-state index contributed by atoms with van der Waals surface area (Å²) in [5.74, 6) is -0.150. The number of morpholine rings is 1. The molecule has 0 unspecified atom stereocenters. The number of fused-ring (bicyclic) bond motifs is 1. The predicted octanol–water partition coefficient (Wildman–Crippen LogP) is 1.02. The average Bonchev–Trinajstić information content (AvgIpc) is 2.89. The summed E-state index contributed by atoms with van der Waals surface area (Å²) in [6, 6.07) is 3.74. The number of benzene rings is 1. The highest BCUT2D eigenvalue weighted by atomic mass is 16.6. The lowest BCUT2D eigenvalue weighted by molar-refractivity contribution is -0.114. The molecular weight excluding hydrogens is 248 g/mol. The van der Waals surface area contributed by atoms with E-state index in [1.165, 1.54) is 6.92 Å². The van der Waals surface area contributed by atoms with Gasteiger partial charge in [-0.1, -0.05) is 0 Å². The van der Waals surface area contributed by atoms with Crippen LogP contribution in [0.15, 0.2) is 16.8 Å². The van der Waals surface area contributed by atoms with Crippen LogP contribution in [0.4, 0.5) is 11.4 Å². The molecule has 100 valence electrons. The van der Waals surface area contributed by atoms with Gasteiger partial charge in [0.25, 0.3) is 0 Å². The Kier molecular flexibility index (Phi) is 3.04. The fourth-order valence-electron chi connectivity index (χ4n) is 2.20. The first kappa shape index (κ1) is 11.9. The molecule has 1 aliphatic heterocycles. The molecule has 0 bridgehead atoms. The number of rotatable bonds is 2. The van der Waals surface area contributed by atoms with E-state index in [-0.39, 0.29) is 5.91 Å². The van der Waals surface area contributed by atoms with Crippen molar-refractivity contribution in [2.75, 3.05) is 36.5 Å². The maximum Gasteiger partial charge on any atom is 0.221 e. The summed E-state index contributed by atoms with van der Waals surface area (Å²) < 4.78 is 10.1. The zero-order chi connectivity index (χ0) is 13.2. The van der Waals surface area contributed by atoms with E-state index in [1.807, 2.05) is 12.1 Å².